The van der Waals surface area contributed by atoms with Crippen molar-refractivity contribution in [2.24, 2.45) is 0 Å². The van der Waals surface area contributed by atoms with Gasteiger partial charge in [-0.1, -0.05) is 49.2 Å². The van der Waals surface area contributed by atoms with Crippen LogP contribution in [0.3, 0.4) is 0 Å². The Labute approximate surface area is 238 Å². The maximum atomic E-state index is 13.2. The molecule has 3 aromatic carbocycles. The summed E-state index contributed by atoms with van der Waals surface area (Å²) in [6.07, 6.45) is 2.78. The van der Waals surface area contributed by atoms with Gasteiger partial charge in [0, 0.05) is 16.9 Å². The number of unbranched alkanes of at least 4 members (excludes halogenated alkanes) is 1. The van der Waals surface area contributed by atoms with Crippen LogP contribution in [-0.4, -0.2) is 29.8 Å². The first-order valence-corrected chi connectivity index (χ1v) is 13.4. The highest BCUT2D eigenvalue weighted by Gasteiger charge is 2.39. The van der Waals surface area contributed by atoms with Crippen molar-refractivity contribution in [3.63, 3.8) is 0 Å². The number of hydrogen-bond donors (Lipinski definition) is 2. The molecule has 0 aliphatic carbocycles. The number of carbonyl (C=O) groups is 4. The molecule has 0 atom stereocenters. The van der Waals surface area contributed by atoms with E-state index in [9.17, 15) is 19.2 Å². The third-order valence-corrected chi connectivity index (χ3v) is 6.48. The van der Waals surface area contributed by atoms with Crippen molar-refractivity contribution in [3.8, 4) is 0 Å². The highest BCUT2D eigenvalue weighted by atomic mass is 35.5. The Morgan fingerprint density at radius 1 is 0.900 bits per heavy atom. The molecule has 0 aromatic heterocycles. The van der Waals surface area contributed by atoms with Gasteiger partial charge in [0.25, 0.3) is 17.7 Å². The molecule has 0 bridgehead atoms. The molecule has 0 saturated heterocycles. The van der Waals surface area contributed by atoms with Crippen LogP contribution in [0, 0.1) is 0 Å². The second kappa shape index (κ2) is 12.6. The fourth-order valence-corrected chi connectivity index (χ4v) is 4.34. The summed E-state index contributed by atoms with van der Waals surface area (Å²) in [6, 6.07) is 20.1. The first-order chi connectivity index (χ1) is 19.2. The number of aryl methyl sites for hydroxylation is 1. The fraction of sp³-hybridized carbons (Fsp3) is 0.226. The summed E-state index contributed by atoms with van der Waals surface area (Å²) in [4.78, 5) is 52.2. The number of rotatable bonds is 10. The van der Waals surface area contributed by atoms with Gasteiger partial charge in [-0.2, -0.15) is 0 Å². The van der Waals surface area contributed by atoms with Gasteiger partial charge in [0.15, 0.2) is 0 Å². The molecular formula is C31H30ClN3O5. The highest BCUT2D eigenvalue weighted by Crippen LogP contribution is 2.30. The first-order valence-electron chi connectivity index (χ1n) is 13.0. The minimum atomic E-state index is -0.625. The van der Waals surface area contributed by atoms with Crippen LogP contribution in [0.5, 0.6) is 0 Å². The van der Waals surface area contributed by atoms with Crippen LogP contribution in [-0.2, 0) is 20.7 Å². The molecule has 0 spiro atoms. The van der Waals surface area contributed by atoms with E-state index in [4.69, 9.17) is 16.3 Å². The number of halogens is 1. The minimum Gasteiger partial charge on any atom is -0.459 e. The van der Waals surface area contributed by atoms with E-state index >= 15 is 0 Å². The van der Waals surface area contributed by atoms with Crippen molar-refractivity contribution in [2.75, 3.05) is 15.5 Å². The summed E-state index contributed by atoms with van der Waals surface area (Å²) in [5, 5.41) is 5.43. The van der Waals surface area contributed by atoms with Crippen LogP contribution in [0.4, 0.5) is 17.1 Å². The Balaban J connectivity index is 1.46. The number of benzene rings is 3. The molecule has 0 fully saturated rings. The maximum Gasteiger partial charge on any atom is 0.338 e. The van der Waals surface area contributed by atoms with Gasteiger partial charge in [-0.3, -0.25) is 14.4 Å². The van der Waals surface area contributed by atoms with Crippen LogP contribution >= 0.6 is 11.6 Å². The third-order valence-electron chi connectivity index (χ3n) is 6.13. The topological polar surface area (TPSA) is 105 Å². The van der Waals surface area contributed by atoms with Gasteiger partial charge < -0.3 is 15.4 Å². The number of nitrogens with one attached hydrogen (secondary N) is 2. The minimum absolute atomic E-state index is 0.0735. The quantitative estimate of drug-likeness (QED) is 0.224. The summed E-state index contributed by atoms with van der Waals surface area (Å²) in [6.45, 7) is 5.63. The van der Waals surface area contributed by atoms with Gasteiger partial charge in [0.1, 0.15) is 10.7 Å². The number of amides is 3. The molecule has 1 aliphatic rings. The van der Waals surface area contributed by atoms with E-state index < -0.39 is 23.7 Å². The van der Waals surface area contributed by atoms with Crippen LogP contribution in [0.15, 0.2) is 83.5 Å². The number of hydrogen-bond acceptors (Lipinski definition) is 6. The lowest BCUT2D eigenvalue weighted by Crippen LogP contribution is -2.32. The number of carbonyl (C=O) groups excluding carboxylic acids is 4. The summed E-state index contributed by atoms with van der Waals surface area (Å²) < 4.78 is 5.21. The van der Waals surface area contributed by atoms with Gasteiger partial charge in [-0.05, 0) is 80.8 Å². The Morgan fingerprint density at radius 2 is 1.55 bits per heavy atom. The number of imide groups is 1. The van der Waals surface area contributed by atoms with Gasteiger partial charge >= 0.3 is 5.97 Å². The molecular weight excluding hydrogens is 530 g/mol. The SMILES string of the molecule is CCCCc1ccc(N2C(=O)C(Cl)=C(Nc3cccc(C(=O)Nc4cccc(C(=O)OC(C)C)c4)c3)C2=O)cc1. The summed E-state index contributed by atoms with van der Waals surface area (Å²) in [5.74, 6) is -2.13. The van der Waals surface area contributed by atoms with Gasteiger partial charge in [0.05, 0.1) is 17.4 Å². The van der Waals surface area contributed by atoms with Crippen LogP contribution in [0.25, 0.3) is 0 Å². The van der Waals surface area contributed by atoms with Crippen molar-refractivity contribution in [3.05, 3.63) is 100 Å². The summed E-state index contributed by atoms with van der Waals surface area (Å²) in [7, 11) is 0. The molecule has 206 valence electrons. The van der Waals surface area contributed by atoms with E-state index in [-0.39, 0.29) is 22.4 Å². The number of esters is 1. The van der Waals surface area contributed by atoms with Crippen molar-refractivity contribution < 1.29 is 23.9 Å². The van der Waals surface area contributed by atoms with E-state index in [0.717, 1.165) is 29.7 Å². The first kappa shape index (κ1) is 28.6. The number of anilines is 3. The van der Waals surface area contributed by atoms with E-state index in [2.05, 4.69) is 17.6 Å². The van der Waals surface area contributed by atoms with Crippen LogP contribution in [0.1, 0.15) is 59.9 Å². The lowest BCUT2D eigenvalue weighted by Gasteiger charge is -2.16. The average Bonchev–Trinajstić information content (AvgIpc) is 3.15. The van der Waals surface area contributed by atoms with Crippen LogP contribution < -0.4 is 15.5 Å². The fourth-order valence-electron chi connectivity index (χ4n) is 4.13. The Hall–Kier alpha value is -4.43. The predicted molar refractivity (Wildman–Crippen MR) is 155 cm³/mol. The number of nitrogens with zero attached hydrogens (tertiary/aromatic N) is 1. The smallest absolute Gasteiger partial charge is 0.338 e. The lowest BCUT2D eigenvalue weighted by molar-refractivity contribution is -0.120. The standard InChI is InChI=1S/C31H30ClN3O5/c1-4-5-8-20-13-15-25(16-14-20)35-29(37)26(32)27(30(35)38)33-23-11-6-9-21(17-23)28(36)34-24-12-7-10-22(18-24)31(39)40-19(2)3/h6-7,9-19,33H,4-5,8H2,1-3H3,(H,34,36). The molecule has 3 amide bonds. The Morgan fingerprint density at radius 3 is 2.23 bits per heavy atom. The van der Waals surface area contributed by atoms with Crippen molar-refractivity contribution in [1.29, 1.82) is 0 Å². The summed E-state index contributed by atoms with van der Waals surface area (Å²) in [5.41, 5.74) is 2.89. The third kappa shape index (κ3) is 6.58. The monoisotopic (exact) mass is 559 g/mol. The van der Waals surface area contributed by atoms with E-state index in [1.165, 1.54) is 12.1 Å². The molecule has 0 saturated carbocycles. The molecule has 4 rings (SSSR count). The molecule has 0 unspecified atom stereocenters. The molecule has 1 heterocycles. The van der Waals surface area contributed by atoms with Crippen molar-refractivity contribution in [2.45, 2.75) is 46.1 Å². The molecule has 3 aromatic rings. The van der Waals surface area contributed by atoms with Gasteiger partial charge in [-0.25, -0.2) is 9.69 Å². The average molecular weight is 560 g/mol. The second-order valence-electron chi connectivity index (χ2n) is 9.60. The molecule has 2 N–H and O–H groups in total. The van der Waals surface area contributed by atoms with Crippen LogP contribution in [0.2, 0.25) is 0 Å². The van der Waals surface area contributed by atoms with E-state index in [1.54, 1.807) is 62.4 Å². The second-order valence-corrected chi connectivity index (χ2v) is 9.98. The molecule has 1 aliphatic heterocycles. The zero-order chi connectivity index (χ0) is 28.8. The zero-order valence-electron chi connectivity index (χ0n) is 22.5. The van der Waals surface area contributed by atoms with E-state index in [1.807, 2.05) is 12.1 Å². The summed E-state index contributed by atoms with van der Waals surface area (Å²) >= 11 is 6.29. The Kier molecular flexibility index (Phi) is 9.01. The highest BCUT2D eigenvalue weighted by molar-refractivity contribution is 6.53. The maximum absolute atomic E-state index is 13.2. The Bertz CT molecular complexity index is 1480. The largest absolute Gasteiger partial charge is 0.459 e. The molecule has 9 heteroatoms. The number of ether oxygens (including phenoxy) is 1. The lowest BCUT2D eigenvalue weighted by atomic mass is 10.1. The van der Waals surface area contributed by atoms with E-state index in [0.29, 0.717) is 22.6 Å². The van der Waals surface area contributed by atoms with Gasteiger partial charge in [-0.15, -0.1) is 0 Å². The molecule has 40 heavy (non-hydrogen) atoms. The van der Waals surface area contributed by atoms with Crippen molar-refractivity contribution >= 4 is 52.4 Å². The molecule has 0 radical (unpaired) electrons. The normalized spacial score (nSPS) is 13.2. The van der Waals surface area contributed by atoms with Gasteiger partial charge in [0.2, 0.25) is 0 Å². The predicted octanol–water partition coefficient (Wildman–Crippen LogP) is 6.28. The van der Waals surface area contributed by atoms with Crippen molar-refractivity contribution in [1.82, 2.24) is 0 Å². The molecule has 8 nitrogen and oxygen atoms in total. The zero-order valence-corrected chi connectivity index (χ0v) is 23.2.